The molecule has 0 saturated heterocycles. The molecule has 0 saturated carbocycles. The second-order valence-corrected chi connectivity index (χ2v) is 7.90. The molecule has 3 rings (SSSR count). The molecule has 4 nitrogen and oxygen atoms in total. The van der Waals surface area contributed by atoms with Gasteiger partial charge in [-0.2, -0.15) is 13.2 Å². The standard InChI is InChI=1S/C19H20F3N3OS/c1-10-12(3)27-18-15(10)17(26)23-16(24-18)11(2)25(4)9-13-5-7-14(8-6-13)19(20,21)22/h5-8,11H,9H2,1-4H3,(H,23,24,26). The number of aryl methyl sites for hydroxylation is 2. The number of rotatable bonds is 4. The molecule has 0 fully saturated rings. The molecule has 144 valence electrons. The second-order valence-electron chi connectivity index (χ2n) is 6.70. The molecule has 1 N–H and O–H groups in total. The van der Waals surface area contributed by atoms with E-state index < -0.39 is 11.7 Å². The maximum atomic E-state index is 12.7. The Balaban J connectivity index is 1.82. The van der Waals surface area contributed by atoms with Crippen molar-refractivity contribution in [3.05, 3.63) is 62.0 Å². The van der Waals surface area contributed by atoms with E-state index >= 15 is 0 Å². The number of aromatic nitrogens is 2. The molecule has 0 aliphatic heterocycles. The quantitative estimate of drug-likeness (QED) is 0.689. The van der Waals surface area contributed by atoms with E-state index in [0.717, 1.165) is 28.1 Å². The van der Waals surface area contributed by atoms with Gasteiger partial charge in [0.1, 0.15) is 10.7 Å². The Morgan fingerprint density at radius 2 is 1.85 bits per heavy atom. The van der Waals surface area contributed by atoms with Gasteiger partial charge in [0.05, 0.1) is 17.0 Å². The summed E-state index contributed by atoms with van der Waals surface area (Å²) in [6, 6.07) is 4.90. The van der Waals surface area contributed by atoms with E-state index in [1.165, 1.54) is 23.5 Å². The van der Waals surface area contributed by atoms with Crippen molar-refractivity contribution in [2.75, 3.05) is 7.05 Å². The summed E-state index contributed by atoms with van der Waals surface area (Å²) in [6.07, 6.45) is -4.34. The number of H-pyrrole nitrogens is 1. The molecule has 0 spiro atoms. The van der Waals surface area contributed by atoms with Crippen molar-refractivity contribution in [3.8, 4) is 0 Å². The van der Waals surface area contributed by atoms with Gasteiger partial charge in [0, 0.05) is 11.4 Å². The van der Waals surface area contributed by atoms with Crippen molar-refractivity contribution < 1.29 is 13.2 Å². The zero-order valence-electron chi connectivity index (χ0n) is 15.4. The average Bonchev–Trinajstić information content (AvgIpc) is 2.88. The third-order valence-corrected chi connectivity index (χ3v) is 5.93. The van der Waals surface area contributed by atoms with Crippen LogP contribution >= 0.6 is 11.3 Å². The first-order chi connectivity index (χ1) is 12.6. The molecule has 0 aliphatic carbocycles. The van der Waals surface area contributed by atoms with Crippen LogP contribution in [0.5, 0.6) is 0 Å². The normalized spacial score (nSPS) is 13.5. The zero-order chi connectivity index (χ0) is 19.9. The van der Waals surface area contributed by atoms with E-state index in [1.807, 2.05) is 32.7 Å². The number of halogens is 3. The largest absolute Gasteiger partial charge is 0.416 e. The predicted octanol–water partition coefficient (Wildman–Crippen LogP) is 4.81. The third kappa shape index (κ3) is 3.91. The number of hydrogen-bond acceptors (Lipinski definition) is 4. The molecule has 27 heavy (non-hydrogen) atoms. The van der Waals surface area contributed by atoms with E-state index in [-0.39, 0.29) is 11.6 Å². The van der Waals surface area contributed by atoms with Crippen LogP contribution in [-0.2, 0) is 12.7 Å². The van der Waals surface area contributed by atoms with Crippen molar-refractivity contribution in [2.45, 2.75) is 39.5 Å². The van der Waals surface area contributed by atoms with Crippen molar-refractivity contribution >= 4 is 21.6 Å². The minimum absolute atomic E-state index is 0.161. The summed E-state index contributed by atoms with van der Waals surface area (Å²) < 4.78 is 38.0. The van der Waals surface area contributed by atoms with Gasteiger partial charge in [-0.1, -0.05) is 12.1 Å². The number of nitrogens with one attached hydrogen (secondary N) is 1. The Morgan fingerprint density at radius 3 is 2.44 bits per heavy atom. The van der Waals surface area contributed by atoms with E-state index in [4.69, 9.17) is 0 Å². The van der Waals surface area contributed by atoms with Crippen LogP contribution in [0.25, 0.3) is 10.2 Å². The average molecular weight is 395 g/mol. The third-order valence-electron chi connectivity index (χ3n) is 4.83. The summed E-state index contributed by atoms with van der Waals surface area (Å²) in [7, 11) is 1.84. The van der Waals surface area contributed by atoms with Crippen LogP contribution in [0.1, 0.15) is 40.4 Å². The van der Waals surface area contributed by atoms with Gasteiger partial charge in [0.2, 0.25) is 0 Å². The number of aromatic amines is 1. The van der Waals surface area contributed by atoms with E-state index in [9.17, 15) is 18.0 Å². The van der Waals surface area contributed by atoms with Crippen LogP contribution < -0.4 is 5.56 Å². The Hall–Kier alpha value is -2.19. The topological polar surface area (TPSA) is 49.0 Å². The minimum atomic E-state index is -4.34. The molecular weight excluding hydrogens is 375 g/mol. The zero-order valence-corrected chi connectivity index (χ0v) is 16.3. The summed E-state index contributed by atoms with van der Waals surface area (Å²) >= 11 is 1.49. The number of benzene rings is 1. The fourth-order valence-corrected chi connectivity index (χ4v) is 3.94. The lowest BCUT2D eigenvalue weighted by molar-refractivity contribution is -0.137. The number of nitrogens with zero attached hydrogens (tertiary/aromatic N) is 2. The van der Waals surface area contributed by atoms with E-state index in [2.05, 4.69) is 9.97 Å². The molecule has 3 aromatic rings. The maximum Gasteiger partial charge on any atom is 0.416 e. The molecule has 2 heterocycles. The smallest absolute Gasteiger partial charge is 0.309 e. The molecule has 1 unspecified atom stereocenters. The molecule has 8 heteroatoms. The monoisotopic (exact) mass is 395 g/mol. The summed E-state index contributed by atoms with van der Waals surface area (Å²) in [5.41, 5.74) is 0.873. The molecule has 1 atom stereocenters. The summed E-state index contributed by atoms with van der Waals surface area (Å²) in [5.74, 6) is 0.545. The minimum Gasteiger partial charge on any atom is -0.309 e. The maximum absolute atomic E-state index is 12.7. The molecule has 0 amide bonds. The predicted molar refractivity (Wildman–Crippen MR) is 101 cm³/mol. The van der Waals surface area contributed by atoms with Crippen molar-refractivity contribution in [3.63, 3.8) is 0 Å². The van der Waals surface area contributed by atoms with Crippen LogP contribution in [-0.4, -0.2) is 21.9 Å². The second kappa shape index (κ2) is 7.09. The van der Waals surface area contributed by atoms with Gasteiger partial charge in [-0.15, -0.1) is 11.3 Å². The van der Waals surface area contributed by atoms with E-state index in [1.54, 1.807) is 0 Å². The van der Waals surface area contributed by atoms with Gasteiger partial charge in [-0.3, -0.25) is 9.69 Å². The fraction of sp³-hybridized carbons (Fsp3) is 0.368. The SMILES string of the molecule is Cc1sc2nc(C(C)N(C)Cc3ccc(C(F)(F)F)cc3)[nH]c(=O)c2c1C. The lowest BCUT2D eigenvalue weighted by atomic mass is 10.1. The first kappa shape index (κ1) is 19.6. The van der Waals surface area contributed by atoms with Crippen molar-refractivity contribution in [1.29, 1.82) is 0 Å². The molecular formula is C19H20F3N3OS. The van der Waals surface area contributed by atoms with Crippen LogP contribution in [0.4, 0.5) is 13.2 Å². The Kier molecular flexibility index (Phi) is 5.14. The Morgan fingerprint density at radius 1 is 1.22 bits per heavy atom. The highest BCUT2D eigenvalue weighted by atomic mass is 32.1. The molecule has 0 aliphatic rings. The number of fused-ring (bicyclic) bond motifs is 1. The number of hydrogen-bond donors (Lipinski definition) is 1. The molecule has 1 aromatic carbocycles. The Bertz CT molecular complexity index is 1020. The first-order valence-electron chi connectivity index (χ1n) is 8.44. The summed E-state index contributed by atoms with van der Waals surface area (Å²) in [4.78, 5) is 23.6. The highest BCUT2D eigenvalue weighted by Crippen LogP contribution is 2.30. The van der Waals surface area contributed by atoms with Gasteiger partial charge in [0.25, 0.3) is 5.56 Å². The van der Waals surface area contributed by atoms with Crippen LogP contribution in [0.2, 0.25) is 0 Å². The van der Waals surface area contributed by atoms with Gasteiger partial charge in [-0.25, -0.2) is 4.98 Å². The van der Waals surface area contributed by atoms with Crippen molar-refractivity contribution in [2.24, 2.45) is 0 Å². The highest BCUT2D eigenvalue weighted by molar-refractivity contribution is 7.18. The molecule has 2 aromatic heterocycles. The summed E-state index contributed by atoms with van der Waals surface area (Å²) in [5, 5.41) is 0.624. The van der Waals surface area contributed by atoms with Crippen LogP contribution in [0.3, 0.4) is 0 Å². The van der Waals surface area contributed by atoms with Crippen LogP contribution in [0, 0.1) is 13.8 Å². The number of alkyl halides is 3. The van der Waals surface area contributed by atoms with Gasteiger partial charge in [0.15, 0.2) is 0 Å². The van der Waals surface area contributed by atoms with Gasteiger partial charge >= 0.3 is 6.18 Å². The lowest BCUT2D eigenvalue weighted by Crippen LogP contribution is -2.25. The summed E-state index contributed by atoms with van der Waals surface area (Å²) in [6.45, 7) is 6.21. The molecule has 0 bridgehead atoms. The van der Waals surface area contributed by atoms with Crippen molar-refractivity contribution in [1.82, 2.24) is 14.9 Å². The fourth-order valence-electron chi connectivity index (χ4n) is 2.90. The van der Waals surface area contributed by atoms with E-state index in [0.29, 0.717) is 22.6 Å². The van der Waals surface area contributed by atoms with Gasteiger partial charge < -0.3 is 4.98 Å². The first-order valence-corrected chi connectivity index (χ1v) is 9.26. The van der Waals surface area contributed by atoms with Gasteiger partial charge in [-0.05, 0) is 51.1 Å². The van der Waals surface area contributed by atoms with Crippen LogP contribution in [0.15, 0.2) is 29.1 Å². The Labute approximate surface area is 158 Å². The highest BCUT2D eigenvalue weighted by Gasteiger charge is 2.30. The number of thiophene rings is 1. The molecule has 0 radical (unpaired) electrons. The lowest BCUT2D eigenvalue weighted by Gasteiger charge is -2.24.